The maximum atomic E-state index is 8.70. The number of para-hydroxylation sites is 1. The van der Waals surface area contributed by atoms with Crippen molar-refractivity contribution in [3.63, 3.8) is 0 Å². The van der Waals surface area contributed by atoms with Gasteiger partial charge in [0.1, 0.15) is 0 Å². The molecule has 84 valence electrons. The molecule has 0 radical (unpaired) electrons. The monoisotopic (exact) mass is 216 g/mol. The van der Waals surface area contributed by atoms with Gasteiger partial charge < -0.3 is 9.64 Å². The van der Waals surface area contributed by atoms with Gasteiger partial charge in [-0.05, 0) is 18.6 Å². The number of rotatable bonds is 4. The molecule has 1 aliphatic heterocycles. The molecular weight excluding hydrogens is 200 g/mol. The number of anilines is 1. The molecule has 1 saturated heterocycles. The number of nitriles is 1. The second kappa shape index (κ2) is 5.53. The molecule has 2 rings (SSSR count). The normalized spacial score (nSPS) is 19.3. The summed E-state index contributed by atoms with van der Waals surface area (Å²) in [6.07, 6.45) is 1.62. The third-order valence-corrected chi connectivity index (χ3v) is 2.90. The van der Waals surface area contributed by atoms with Crippen molar-refractivity contribution >= 4 is 5.69 Å². The number of hydrogen-bond donors (Lipinski definition) is 0. The van der Waals surface area contributed by atoms with E-state index < -0.39 is 0 Å². The Balaban J connectivity index is 2.11. The third kappa shape index (κ3) is 2.53. The van der Waals surface area contributed by atoms with Gasteiger partial charge in [0.15, 0.2) is 0 Å². The highest BCUT2D eigenvalue weighted by atomic mass is 16.5. The van der Waals surface area contributed by atoms with Gasteiger partial charge >= 0.3 is 0 Å². The predicted octanol–water partition coefficient (Wildman–Crippen LogP) is 2.20. The summed E-state index contributed by atoms with van der Waals surface area (Å²) in [4.78, 5) is 2.29. The van der Waals surface area contributed by atoms with Crippen LogP contribution in [-0.4, -0.2) is 25.8 Å². The summed E-state index contributed by atoms with van der Waals surface area (Å²) in [5.74, 6) is 0. The Kier molecular flexibility index (Phi) is 3.79. The first-order chi connectivity index (χ1) is 7.92. The van der Waals surface area contributed by atoms with Crippen molar-refractivity contribution in [3.8, 4) is 6.07 Å². The Hall–Kier alpha value is -1.53. The lowest BCUT2D eigenvalue weighted by molar-refractivity contribution is 0.193. The molecule has 0 aliphatic carbocycles. The molecule has 1 atom stereocenters. The van der Waals surface area contributed by atoms with Crippen LogP contribution in [-0.2, 0) is 4.74 Å². The summed E-state index contributed by atoms with van der Waals surface area (Å²) >= 11 is 0. The van der Waals surface area contributed by atoms with E-state index in [0.29, 0.717) is 12.5 Å². The number of benzene rings is 1. The van der Waals surface area contributed by atoms with Crippen LogP contribution >= 0.6 is 0 Å². The highest BCUT2D eigenvalue weighted by Crippen LogP contribution is 2.21. The van der Waals surface area contributed by atoms with Crippen molar-refractivity contribution in [1.82, 2.24) is 0 Å². The van der Waals surface area contributed by atoms with Gasteiger partial charge in [-0.25, -0.2) is 0 Å². The van der Waals surface area contributed by atoms with Gasteiger partial charge in [-0.15, -0.1) is 0 Å². The maximum absolute atomic E-state index is 8.70. The minimum Gasteiger partial charge on any atom is -0.379 e. The first-order valence-corrected chi connectivity index (χ1v) is 5.68. The molecule has 1 fully saturated rings. The van der Waals surface area contributed by atoms with Crippen molar-refractivity contribution in [2.75, 3.05) is 24.7 Å². The molecule has 0 N–H and O–H groups in total. The van der Waals surface area contributed by atoms with Crippen LogP contribution in [0.25, 0.3) is 0 Å². The van der Waals surface area contributed by atoms with Crippen molar-refractivity contribution in [3.05, 3.63) is 30.3 Å². The number of hydrogen-bond acceptors (Lipinski definition) is 3. The average molecular weight is 216 g/mol. The van der Waals surface area contributed by atoms with E-state index in [-0.39, 0.29) is 0 Å². The van der Waals surface area contributed by atoms with E-state index in [0.717, 1.165) is 26.2 Å². The van der Waals surface area contributed by atoms with Gasteiger partial charge in [-0.2, -0.15) is 5.26 Å². The summed E-state index contributed by atoms with van der Waals surface area (Å²) < 4.78 is 5.41. The lowest BCUT2D eigenvalue weighted by atomic mass is 10.1. The van der Waals surface area contributed by atoms with Crippen molar-refractivity contribution in [2.45, 2.75) is 18.9 Å². The highest BCUT2D eigenvalue weighted by molar-refractivity contribution is 5.47. The van der Waals surface area contributed by atoms with E-state index >= 15 is 0 Å². The molecular formula is C13H16N2O. The molecule has 1 unspecified atom stereocenters. The van der Waals surface area contributed by atoms with Crippen LogP contribution in [0.15, 0.2) is 30.3 Å². The molecule has 0 aromatic heterocycles. The fourth-order valence-electron chi connectivity index (χ4n) is 2.08. The Morgan fingerprint density at radius 3 is 2.81 bits per heavy atom. The van der Waals surface area contributed by atoms with Crippen LogP contribution in [0, 0.1) is 11.3 Å². The zero-order chi connectivity index (χ0) is 11.2. The lowest BCUT2D eigenvalue weighted by Gasteiger charge is -2.29. The van der Waals surface area contributed by atoms with Crippen LogP contribution in [0.3, 0.4) is 0 Å². The van der Waals surface area contributed by atoms with E-state index in [4.69, 9.17) is 10.00 Å². The molecule has 1 heterocycles. The van der Waals surface area contributed by atoms with E-state index in [1.54, 1.807) is 0 Å². The fraction of sp³-hybridized carbons (Fsp3) is 0.462. The Labute approximate surface area is 96.2 Å². The maximum Gasteiger partial charge on any atom is 0.0670 e. The van der Waals surface area contributed by atoms with Gasteiger partial charge in [0, 0.05) is 18.8 Å². The number of ether oxygens (including phenoxy) is 1. The van der Waals surface area contributed by atoms with Crippen LogP contribution in [0.4, 0.5) is 5.69 Å². The second-order valence-electron chi connectivity index (χ2n) is 3.95. The first kappa shape index (κ1) is 11.0. The predicted molar refractivity (Wildman–Crippen MR) is 63.2 cm³/mol. The molecule has 3 nitrogen and oxygen atoms in total. The van der Waals surface area contributed by atoms with Gasteiger partial charge in [0.2, 0.25) is 0 Å². The Morgan fingerprint density at radius 1 is 1.38 bits per heavy atom. The summed E-state index contributed by atoms with van der Waals surface area (Å²) in [5, 5.41) is 8.70. The topological polar surface area (TPSA) is 36.3 Å². The van der Waals surface area contributed by atoms with E-state index in [2.05, 4.69) is 23.1 Å². The Bertz CT molecular complexity index is 352. The average Bonchev–Trinajstić information content (AvgIpc) is 2.85. The summed E-state index contributed by atoms with van der Waals surface area (Å²) in [6, 6.07) is 12.9. The van der Waals surface area contributed by atoms with E-state index in [1.807, 2.05) is 18.2 Å². The van der Waals surface area contributed by atoms with Crippen LogP contribution in [0.1, 0.15) is 12.8 Å². The van der Waals surface area contributed by atoms with Crippen LogP contribution in [0.5, 0.6) is 0 Å². The van der Waals surface area contributed by atoms with Gasteiger partial charge in [0.25, 0.3) is 0 Å². The standard InChI is InChI=1S/C13H16N2O/c14-8-4-9-15(13-7-10-16-11-13)12-5-2-1-3-6-12/h1-3,5-6,13H,4,7,9-11H2. The Morgan fingerprint density at radius 2 is 2.19 bits per heavy atom. The summed E-state index contributed by atoms with van der Waals surface area (Å²) in [5.41, 5.74) is 1.19. The first-order valence-electron chi connectivity index (χ1n) is 5.68. The molecule has 1 aromatic rings. The summed E-state index contributed by atoms with van der Waals surface area (Å²) in [7, 11) is 0. The molecule has 1 aliphatic rings. The van der Waals surface area contributed by atoms with Crippen molar-refractivity contribution < 1.29 is 4.74 Å². The van der Waals surface area contributed by atoms with Crippen molar-refractivity contribution in [2.24, 2.45) is 0 Å². The van der Waals surface area contributed by atoms with E-state index in [9.17, 15) is 0 Å². The largest absolute Gasteiger partial charge is 0.379 e. The fourth-order valence-corrected chi connectivity index (χ4v) is 2.08. The zero-order valence-corrected chi connectivity index (χ0v) is 9.30. The SMILES string of the molecule is N#CCCN(c1ccccc1)C1CCOC1. The third-order valence-electron chi connectivity index (χ3n) is 2.90. The zero-order valence-electron chi connectivity index (χ0n) is 9.30. The smallest absolute Gasteiger partial charge is 0.0670 e. The molecule has 0 saturated carbocycles. The highest BCUT2D eigenvalue weighted by Gasteiger charge is 2.22. The van der Waals surface area contributed by atoms with Gasteiger partial charge in [-0.1, -0.05) is 18.2 Å². The van der Waals surface area contributed by atoms with Crippen LogP contribution in [0.2, 0.25) is 0 Å². The minimum absolute atomic E-state index is 0.427. The van der Waals surface area contributed by atoms with Crippen molar-refractivity contribution in [1.29, 1.82) is 5.26 Å². The molecule has 0 spiro atoms. The lowest BCUT2D eigenvalue weighted by Crippen LogP contribution is -2.36. The van der Waals surface area contributed by atoms with Crippen LogP contribution < -0.4 is 4.90 Å². The summed E-state index contributed by atoms with van der Waals surface area (Å²) in [6.45, 7) is 2.40. The molecule has 0 bridgehead atoms. The second-order valence-corrected chi connectivity index (χ2v) is 3.95. The molecule has 3 heteroatoms. The quantitative estimate of drug-likeness (QED) is 0.774. The number of nitrogens with zero attached hydrogens (tertiary/aromatic N) is 2. The molecule has 16 heavy (non-hydrogen) atoms. The molecule has 1 aromatic carbocycles. The van der Waals surface area contributed by atoms with E-state index in [1.165, 1.54) is 5.69 Å². The van der Waals surface area contributed by atoms with Gasteiger partial charge in [0.05, 0.1) is 25.1 Å². The van der Waals surface area contributed by atoms with Gasteiger partial charge in [-0.3, -0.25) is 0 Å². The molecule has 0 amide bonds. The minimum atomic E-state index is 0.427.